The Morgan fingerprint density at radius 1 is 1.14 bits per heavy atom. The maximum atomic E-state index is 12.3. The van der Waals surface area contributed by atoms with Crippen LogP contribution in [-0.2, 0) is 0 Å². The van der Waals surface area contributed by atoms with Crippen molar-refractivity contribution >= 4 is 5.91 Å². The van der Waals surface area contributed by atoms with Gasteiger partial charge in [-0.15, -0.1) is 0 Å². The van der Waals surface area contributed by atoms with Gasteiger partial charge in [0, 0.05) is 5.56 Å². The highest BCUT2D eigenvalue weighted by atomic mass is 16.5. The van der Waals surface area contributed by atoms with Crippen LogP contribution in [-0.4, -0.2) is 13.0 Å². The van der Waals surface area contributed by atoms with Crippen molar-refractivity contribution in [1.82, 2.24) is 5.32 Å². The van der Waals surface area contributed by atoms with Crippen molar-refractivity contribution < 1.29 is 9.53 Å². The average molecular weight is 283 g/mol. The number of aryl methyl sites for hydroxylation is 2. The summed E-state index contributed by atoms with van der Waals surface area (Å²) in [5, 5.41) is 3.03. The fourth-order valence-corrected chi connectivity index (χ4v) is 2.43. The van der Waals surface area contributed by atoms with E-state index in [4.69, 9.17) is 4.74 Å². The Hall–Kier alpha value is -2.29. The Morgan fingerprint density at radius 3 is 2.57 bits per heavy atom. The standard InChI is InChI=1S/C18H21NO2/c1-12-8-9-17(13(2)10-12)14(3)19-18(20)15-6-5-7-16(11-15)21-4/h5-11,14H,1-4H3,(H,19,20)/t14-/m1/s1. The molecule has 0 fully saturated rings. The normalized spacial score (nSPS) is 11.8. The maximum absolute atomic E-state index is 12.3. The molecule has 21 heavy (non-hydrogen) atoms. The Bertz CT molecular complexity index is 649. The van der Waals surface area contributed by atoms with E-state index < -0.39 is 0 Å². The quantitative estimate of drug-likeness (QED) is 0.926. The van der Waals surface area contributed by atoms with Crippen LogP contribution in [0.4, 0.5) is 0 Å². The second kappa shape index (κ2) is 6.44. The summed E-state index contributed by atoms with van der Waals surface area (Å²) in [4.78, 5) is 12.3. The predicted octanol–water partition coefficient (Wildman–Crippen LogP) is 3.80. The van der Waals surface area contributed by atoms with Crippen molar-refractivity contribution in [3.8, 4) is 5.75 Å². The third-order valence-electron chi connectivity index (χ3n) is 3.57. The van der Waals surface area contributed by atoms with Crippen molar-refractivity contribution in [3.05, 3.63) is 64.7 Å². The first-order valence-corrected chi connectivity index (χ1v) is 7.03. The highest BCUT2D eigenvalue weighted by molar-refractivity contribution is 5.94. The second-order valence-electron chi connectivity index (χ2n) is 5.29. The largest absolute Gasteiger partial charge is 0.497 e. The summed E-state index contributed by atoms with van der Waals surface area (Å²) in [6, 6.07) is 13.4. The van der Waals surface area contributed by atoms with E-state index in [-0.39, 0.29) is 11.9 Å². The molecule has 0 radical (unpaired) electrons. The van der Waals surface area contributed by atoms with Gasteiger partial charge < -0.3 is 10.1 Å². The molecule has 0 heterocycles. The van der Waals surface area contributed by atoms with Crippen LogP contribution in [0.5, 0.6) is 5.75 Å². The van der Waals surface area contributed by atoms with E-state index in [9.17, 15) is 4.79 Å². The van der Waals surface area contributed by atoms with Gasteiger partial charge in [0.05, 0.1) is 13.2 Å². The lowest BCUT2D eigenvalue weighted by Gasteiger charge is -2.17. The number of methoxy groups -OCH3 is 1. The van der Waals surface area contributed by atoms with Crippen molar-refractivity contribution in [3.63, 3.8) is 0 Å². The van der Waals surface area contributed by atoms with E-state index in [1.807, 2.05) is 19.1 Å². The van der Waals surface area contributed by atoms with Crippen LogP contribution in [0.1, 0.15) is 40.0 Å². The van der Waals surface area contributed by atoms with Gasteiger partial charge in [0.15, 0.2) is 0 Å². The van der Waals surface area contributed by atoms with Crippen LogP contribution in [0, 0.1) is 13.8 Å². The smallest absolute Gasteiger partial charge is 0.251 e. The zero-order valence-corrected chi connectivity index (χ0v) is 12.9. The minimum atomic E-state index is -0.0959. The number of rotatable bonds is 4. The van der Waals surface area contributed by atoms with Gasteiger partial charge in [-0.25, -0.2) is 0 Å². The lowest BCUT2D eigenvalue weighted by atomic mass is 10.00. The summed E-state index contributed by atoms with van der Waals surface area (Å²) in [5.74, 6) is 0.586. The molecule has 2 rings (SSSR count). The Labute approximate surface area is 126 Å². The summed E-state index contributed by atoms with van der Waals surface area (Å²) >= 11 is 0. The molecule has 0 aliphatic heterocycles. The fourth-order valence-electron chi connectivity index (χ4n) is 2.43. The molecule has 0 spiro atoms. The highest BCUT2D eigenvalue weighted by Crippen LogP contribution is 2.20. The summed E-state index contributed by atoms with van der Waals surface area (Å²) in [6.07, 6.45) is 0. The third kappa shape index (κ3) is 3.63. The van der Waals surface area contributed by atoms with E-state index in [0.29, 0.717) is 11.3 Å². The molecule has 110 valence electrons. The predicted molar refractivity (Wildman–Crippen MR) is 84.8 cm³/mol. The summed E-state index contributed by atoms with van der Waals surface area (Å²) < 4.78 is 5.15. The van der Waals surface area contributed by atoms with Gasteiger partial charge in [0.1, 0.15) is 5.75 Å². The topological polar surface area (TPSA) is 38.3 Å². The Kier molecular flexibility index (Phi) is 4.63. The van der Waals surface area contributed by atoms with E-state index in [2.05, 4.69) is 37.4 Å². The van der Waals surface area contributed by atoms with Crippen LogP contribution in [0.25, 0.3) is 0 Å². The lowest BCUT2D eigenvalue weighted by Crippen LogP contribution is -2.27. The number of benzene rings is 2. The number of nitrogens with one attached hydrogen (secondary N) is 1. The van der Waals surface area contributed by atoms with Crippen LogP contribution in [0.2, 0.25) is 0 Å². The number of carbonyl (C=O) groups is 1. The molecule has 0 bridgehead atoms. The van der Waals surface area contributed by atoms with E-state index in [1.54, 1.807) is 19.2 Å². The van der Waals surface area contributed by atoms with Gasteiger partial charge in [-0.2, -0.15) is 0 Å². The lowest BCUT2D eigenvalue weighted by molar-refractivity contribution is 0.0939. The summed E-state index contributed by atoms with van der Waals surface area (Å²) in [6.45, 7) is 6.13. The number of ether oxygens (including phenoxy) is 1. The zero-order valence-electron chi connectivity index (χ0n) is 12.9. The first kappa shape index (κ1) is 15.1. The minimum absolute atomic E-state index is 0.0377. The number of hydrogen-bond acceptors (Lipinski definition) is 2. The van der Waals surface area contributed by atoms with Gasteiger partial charge in [0.2, 0.25) is 0 Å². The average Bonchev–Trinajstić information content (AvgIpc) is 2.47. The molecule has 1 N–H and O–H groups in total. The molecule has 1 atom stereocenters. The zero-order chi connectivity index (χ0) is 15.4. The van der Waals surface area contributed by atoms with Crippen molar-refractivity contribution in [1.29, 1.82) is 0 Å². The molecule has 2 aromatic carbocycles. The number of hydrogen-bond donors (Lipinski definition) is 1. The fraction of sp³-hybridized carbons (Fsp3) is 0.278. The van der Waals surface area contributed by atoms with Gasteiger partial charge in [-0.3, -0.25) is 4.79 Å². The molecule has 0 aliphatic rings. The Balaban J connectivity index is 2.14. The van der Waals surface area contributed by atoms with Gasteiger partial charge >= 0.3 is 0 Å². The monoisotopic (exact) mass is 283 g/mol. The second-order valence-corrected chi connectivity index (χ2v) is 5.29. The first-order valence-electron chi connectivity index (χ1n) is 7.03. The highest BCUT2D eigenvalue weighted by Gasteiger charge is 2.13. The third-order valence-corrected chi connectivity index (χ3v) is 3.57. The maximum Gasteiger partial charge on any atom is 0.251 e. The molecule has 0 aromatic heterocycles. The molecule has 1 amide bonds. The molecule has 0 unspecified atom stereocenters. The molecular formula is C18H21NO2. The van der Waals surface area contributed by atoms with E-state index in [0.717, 1.165) is 5.56 Å². The molecule has 3 heteroatoms. The van der Waals surface area contributed by atoms with Gasteiger partial charge in [0.25, 0.3) is 5.91 Å². The van der Waals surface area contributed by atoms with Gasteiger partial charge in [-0.05, 0) is 50.1 Å². The minimum Gasteiger partial charge on any atom is -0.497 e. The SMILES string of the molecule is COc1cccc(C(=O)N[C@H](C)c2ccc(C)cc2C)c1. The molecule has 0 saturated carbocycles. The first-order chi connectivity index (χ1) is 10.0. The molecule has 0 aliphatic carbocycles. The van der Waals surface area contributed by atoms with E-state index in [1.165, 1.54) is 11.1 Å². The summed E-state index contributed by atoms with van der Waals surface area (Å²) in [7, 11) is 1.59. The summed E-state index contributed by atoms with van der Waals surface area (Å²) in [5.41, 5.74) is 4.15. The number of carbonyl (C=O) groups excluding carboxylic acids is 1. The number of amides is 1. The van der Waals surface area contributed by atoms with Crippen LogP contribution >= 0.6 is 0 Å². The molecule has 0 saturated heterocycles. The van der Waals surface area contributed by atoms with Crippen LogP contribution in [0.3, 0.4) is 0 Å². The van der Waals surface area contributed by atoms with Crippen molar-refractivity contribution in [2.75, 3.05) is 7.11 Å². The van der Waals surface area contributed by atoms with Crippen LogP contribution in [0.15, 0.2) is 42.5 Å². The van der Waals surface area contributed by atoms with Crippen LogP contribution < -0.4 is 10.1 Å². The van der Waals surface area contributed by atoms with Crippen molar-refractivity contribution in [2.24, 2.45) is 0 Å². The molecule has 3 nitrogen and oxygen atoms in total. The van der Waals surface area contributed by atoms with Crippen molar-refractivity contribution in [2.45, 2.75) is 26.8 Å². The van der Waals surface area contributed by atoms with Gasteiger partial charge in [-0.1, -0.05) is 29.8 Å². The molecular weight excluding hydrogens is 262 g/mol. The molecule has 2 aromatic rings. The van der Waals surface area contributed by atoms with E-state index >= 15 is 0 Å². The Morgan fingerprint density at radius 2 is 1.90 bits per heavy atom.